The number of nitrogens with one attached hydrogen (secondary N) is 1. The molecule has 224 valence electrons. The van der Waals surface area contributed by atoms with Gasteiger partial charge in [0.1, 0.15) is 11.5 Å². The number of rotatable bonds is 7. The van der Waals surface area contributed by atoms with Crippen molar-refractivity contribution in [3.05, 3.63) is 111 Å². The van der Waals surface area contributed by atoms with E-state index in [1.807, 2.05) is 42.5 Å². The minimum absolute atomic E-state index is 0.142. The smallest absolute Gasteiger partial charge is 0.274 e. The first-order chi connectivity index (χ1) is 21.3. The van der Waals surface area contributed by atoms with Crippen LogP contribution in [0.15, 0.2) is 88.8 Å². The van der Waals surface area contributed by atoms with Crippen LogP contribution >= 0.6 is 0 Å². The van der Waals surface area contributed by atoms with Gasteiger partial charge in [0.2, 0.25) is 0 Å². The van der Waals surface area contributed by atoms with Gasteiger partial charge in [-0.1, -0.05) is 31.2 Å². The van der Waals surface area contributed by atoms with E-state index in [1.165, 1.54) is 23.0 Å². The number of fused-ring (bicyclic) bond motifs is 1. The van der Waals surface area contributed by atoms with Crippen LogP contribution in [-0.2, 0) is 23.8 Å². The van der Waals surface area contributed by atoms with Gasteiger partial charge in [-0.15, -0.1) is 0 Å². The molecule has 7 rings (SSSR count). The molecular weight excluding hydrogens is 554 g/mol. The summed E-state index contributed by atoms with van der Waals surface area (Å²) in [6.07, 6.45) is 7.65. The third-order valence-electron chi connectivity index (χ3n) is 9.05. The van der Waals surface area contributed by atoms with Crippen molar-refractivity contribution in [2.24, 2.45) is 7.05 Å². The molecule has 9 nitrogen and oxygen atoms in total. The lowest BCUT2D eigenvalue weighted by Crippen LogP contribution is -2.36. The van der Waals surface area contributed by atoms with Crippen molar-refractivity contribution in [1.82, 2.24) is 14.1 Å². The second-order valence-corrected chi connectivity index (χ2v) is 12.0. The van der Waals surface area contributed by atoms with Gasteiger partial charge in [-0.2, -0.15) is 0 Å². The van der Waals surface area contributed by atoms with E-state index in [0.717, 1.165) is 35.3 Å². The van der Waals surface area contributed by atoms with E-state index in [-0.39, 0.29) is 23.1 Å². The van der Waals surface area contributed by atoms with Gasteiger partial charge in [0.05, 0.1) is 37.4 Å². The van der Waals surface area contributed by atoms with Crippen molar-refractivity contribution in [3.8, 4) is 16.8 Å². The Morgan fingerprint density at radius 3 is 2.55 bits per heavy atom. The van der Waals surface area contributed by atoms with Crippen molar-refractivity contribution in [3.63, 3.8) is 0 Å². The van der Waals surface area contributed by atoms with Gasteiger partial charge in [-0.05, 0) is 71.2 Å². The predicted octanol–water partition coefficient (Wildman–Crippen LogP) is 4.88. The van der Waals surface area contributed by atoms with E-state index in [0.29, 0.717) is 41.4 Å². The van der Waals surface area contributed by atoms with Crippen LogP contribution in [0.5, 0.6) is 0 Å². The Kier molecular flexibility index (Phi) is 7.07. The molecule has 5 aromatic rings. The third kappa shape index (κ3) is 5.08. The Morgan fingerprint density at radius 2 is 1.82 bits per heavy atom. The zero-order chi connectivity index (χ0) is 30.4. The van der Waals surface area contributed by atoms with E-state index in [2.05, 4.69) is 34.3 Å². The number of hydrogen-bond donors (Lipinski definition) is 2. The highest BCUT2D eigenvalue weighted by molar-refractivity contribution is 5.83. The summed E-state index contributed by atoms with van der Waals surface area (Å²) >= 11 is 0. The Bertz CT molecular complexity index is 1990. The van der Waals surface area contributed by atoms with Crippen LogP contribution in [0.3, 0.4) is 0 Å². The van der Waals surface area contributed by atoms with E-state index < -0.39 is 0 Å². The zero-order valence-corrected chi connectivity index (χ0v) is 24.9. The van der Waals surface area contributed by atoms with E-state index in [9.17, 15) is 14.7 Å². The number of anilines is 3. The number of aromatic nitrogens is 3. The first kappa shape index (κ1) is 28.1. The van der Waals surface area contributed by atoms with Gasteiger partial charge in [0.15, 0.2) is 0 Å². The van der Waals surface area contributed by atoms with Gasteiger partial charge in [0.25, 0.3) is 11.1 Å². The molecule has 9 heteroatoms. The Labute approximate surface area is 255 Å². The molecule has 1 saturated carbocycles. The summed E-state index contributed by atoms with van der Waals surface area (Å²) in [5, 5.41) is 15.3. The van der Waals surface area contributed by atoms with Crippen LogP contribution in [0.25, 0.3) is 27.6 Å². The summed E-state index contributed by atoms with van der Waals surface area (Å²) in [5.41, 5.74) is 5.13. The third-order valence-corrected chi connectivity index (χ3v) is 9.05. The SMILES string of the molecule is Cn1cc(-c2cccc(-n3ccc4cc(C5(C)CC5)ccc4c3=O)c2CO)cc(Nc2ccc(N3CCOCC3)cn2)c1=O. The average molecular weight is 590 g/mol. The quantitative estimate of drug-likeness (QED) is 0.279. The number of aryl methyl sites for hydroxylation is 1. The lowest BCUT2D eigenvalue weighted by Gasteiger charge is -2.28. The molecule has 1 saturated heterocycles. The highest BCUT2D eigenvalue weighted by Crippen LogP contribution is 2.48. The monoisotopic (exact) mass is 589 g/mol. The molecule has 2 aromatic carbocycles. The maximum atomic E-state index is 13.7. The molecule has 2 fully saturated rings. The van der Waals surface area contributed by atoms with Crippen LogP contribution in [0.4, 0.5) is 17.2 Å². The van der Waals surface area contributed by atoms with Crippen molar-refractivity contribution in [2.45, 2.75) is 31.8 Å². The van der Waals surface area contributed by atoms with Gasteiger partial charge < -0.3 is 24.6 Å². The minimum Gasteiger partial charge on any atom is -0.392 e. The molecule has 1 aliphatic carbocycles. The van der Waals surface area contributed by atoms with Crippen LogP contribution in [-0.4, -0.2) is 45.5 Å². The molecule has 44 heavy (non-hydrogen) atoms. The first-order valence-electron chi connectivity index (χ1n) is 15.0. The molecule has 0 radical (unpaired) electrons. The molecule has 1 aliphatic heterocycles. The number of benzene rings is 2. The van der Waals surface area contributed by atoms with Crippen LogP contribution < -0.4 is 21.3 Å². The summed E-state index contributed by atoms with van der Waals surface area (Å²) in [5.74, 6) is 0.550. The van der Waals surface area contributed by atoms with Gasteiger partial charge in [-0.3, -0.25) is 14.2 Å². The summed E-state index contributed by atoms with van der Waals surface area (Å²) in [4.78, 5) is 33.6. The minimum atomic E-state index is -0.288. The Balaban J connectivity index is 1.24. The maximum Gasteiger partial charge on any atom is 0.274 e. The van der Waals surface area contributed by atoms with Gasteiger partial charge >= 0.3 is 0 Å². The van der Waals surface area contributed by atoms with Crippen molar-refractivity contribution < 1.29 is 9.84 Å². The van der Waals surface area contributed by atoms with Crippen LogP contribution in [0.2, 0.25) is 0 Å². The summed E-state index contributed by atoms with van der Waals surface area (Å²) in [6.45, 7) is 4.98. The van der Waals surface area contributed by atoms with E-state index in [4.69, 9.17) is 4.74 Å². The second kappa shape index (κ2) is 11.1. The number of nitrogens with zero attached hydrogens (tertiary/aromatic N) is 4. The maximum absolute atomic E-state index is 13.7. The fourth-order valence-corrected chi connectivity index (χ4v) is 6.08. The molecule has 0 atom stereocenters. The lowest BCUT2D eigenvalue weighted by molar-refractivity contribution is 0.122. The fraction of sp³-hybridized carbons (Fsp3) is 0.286. The van der Waals surface area contributed by atoms with E-state index >= 15 is 0 Å². The molecule has 0 amide bonds. The molecule has 0 unspecified atom stereocenters. The molecule has 0 bridgehead atoms. The Morgan fingerprint density at radius 1 is 1.00 bits per heavy atom. The second-order valence-electron chi connectivity index (χ2n) is 12.0. The topological polar surface area (TPSA) is 102 Å². The number of hydrogen-bond acceptors (Lipinski definition) is 7. The molecular formula is C35H35N5O4. The fourth-order valence-electron chi connectivity index (χ4n) is 6.08. The van der Waals surface area contributed by atoms with Crippen molar-refractivity contribution >= 4 is 28.0 Å². The number of aliphatic hydroxyl groups excluding tert-OH is 1. The van der Waals surface area contributed by atoms with Crippen LogP contribution in [0.1, 0.15) is 30.9 Å². The predicted molar refractivity (Wildman–Crippen MR) is 173 cm³/mol. The molecule has 2 N–H and O–H groups in total. The summed E-state index contributed by atoms with van der Waals surface area (Å²) in [7, 11) is 1.69. The molecule has 3 aromatic heterocycles. The summed E-state index contributed by atoms with van der Waals surface area (Å²) < 4.78 is 8.54. The average Bonchev–Trinajstić information content (AvgIpc) is 3.82. The standard InChI is InChI=1S/C35H35N5O4/c1-35(11-12-35)25-6-8-28-23(18-25)10-13-40(33(28)42)31-5-3-4-27(29(31)22-41)24-19-30(34(43)38(2)21-24)37-32-9-7-26(20-36-32)39-14-16-44-17-15-39/h3-10,13,18-21,41H,11-12,14-17,22H2,1-2H3,(H,36,37). The van der Waals surface area contributed by atoms with E-state index in [1.54, 1.807) is 36.3 Å². The molecule has 0 spiro atoms. The Hall–Kier alpha value is -4.73. The lowest BCUT2D eigenvalue weighted by atomic mass is 9.96. The number of morpholine rings is 1. The molecule has 4 heterocycles. The zero-order valence-electron chi connectivity index (χ0n) is 24.9. The molecule has 2 aliphatic rings. The first-order valence-corrected chi connectivity index (χ1v) is 15.0. The van der Waals surface area contributed by atoms with Crippen LogP contribution in [0, 0.1) is 0 Å². The number of pyridine rings is 3. The van der Waals surface area contributed by atoms with Gasteiger partial charge in [0, 0.05) is 49.0 Å². The summed E-state index contributed by atoms with van der Waals surface area (Å²) in [6, 6.07) is 19.3. The number of aliphatic hydroxyl groups is 1. The highest BCUT2D eigenvalue weighted by Gasteiger charge is 2.39. The van der Waals surface area contributed by atoms with Crippen molar-refractivity contribution in [2.75, 3.05) is 36.5 Å². The van der Waals surface area contributed by atoms with Crippen molar-refractivity contribution in [1.29, 1.82) is 0 Å². The highest BCUT2D eigenvalue weighted by atomic mass is 16.5. The largest absolute Gasteiger partial charge is 0.392 e. The normalized spacial score (nSPS) is 15.8. The van der Waals surface area contributed by atoms with Gasteiger partial charge in [-0.25, -0.2) is 4.98 Å². The number of ether oxygens (including phenoxy) is 1.